The van der Waals surface area contributed by atoms with Gasteiger partial charge < -0.3 is 10.2 Å². The predicted molar refractivity (Wildman–Crippen MR) is 37.3 cm³/mol. The van der Waals surface area contributed by atoms with Crippen molar-refractivity contribution in [3.05, 3.63) is 11.8 Å². The normalized spacial score (nSPS) is 15.7. The molecule has 2 heteroatoms. The molecule has 0 aromatic rings. The van der Waals surface area contributed by atoms with Crippen LogP contribution >= 0.6 is 0 Å². The maximum Gasteiger partial charge on any atom is 0.0877 e. The van der Waals surface area contributed by atoms with Crippen molar-refractivity contribution in [3.63, 3.8) is 0 Å². The summed E-state index contributed by atoms with van der Waals surface area (Å²) in [5, 5.41) is 17.6. The first kappa shape index (κ1) is 8.50. The molecule has 2 nitrogen and oxygen atoms in total. The summed E-state index contributed by atoms with van der Waals surface area (Å²) < 4.78 is 0. The summed E-state index contributed by atoms with van der Waals surface area (Å²) >= 11 is 0. The summed E-state index contributed by atoms with van der Waals surface area (Å²) in [5.41, 5.74) is 0. The molecule has 0 spiro atoms. The summed E-state index contributed by atoms with van der Waals surface area (Å²) in [7, 11) is 0. The number of aliphatic hydroxyl groups is 2. The highest BCUT2D eigenvalue weighted by Gasteiger charge is 1.96. The van der Waals surface area contributed by atoms with Crippen molar-refractivity contribution in [3.8, 4) is 0 Å². The summed E-state index contributed by atoms with van der Waals surface area (Å²) in [5.74, 6) is 0.191. The van der Waals surface area contributed by atoms with E-state index in [-0.39, 0.29) is 5.76 Å². The summed E-state index contributed by atoms with van der Waals surface area (Å²) in [4.78, 5) is 0. The minimum absolute atomic E-state index is 0.191. The van der Waals surface area contributed by atoms with E-state index in [2.05, 4.69) is 0 Å². The Morgan fingerprint density at radius 1 is 1.67 bits per heavy atom. The second kappa shape index (κ2) is 4.39. The van der Waals surface area contributed by atoms with Crippen molar-refractivity contribution in [1.29, 1.82) is 0 Å². The van der Waals surface area contributed by atoms with Gasteiger partial charge in [0.1, 0.15) is 0 Å². The van der Waals surface area contributed by atoms with Gasteiger partial charge in [-0.15, -0.1) is 0 Å². The van der Waals surface area contributed by atoms with Crippen LogP contribution in [-0.4, -0.2) is 16.3 Å². The Morgan fingerprint density at radius 3 is 2.56 bits per heavy atom. The van der Waals surface area contributed by atoms with Crippen molar-refractivity contribution >= 4 is 0 Å². The highest BCUT2D eigenvalue weighted by molar-refractivity contribution is 4.91. The molecule has 0 heterocycles. The maximum atomic E-state index is 8.98. The Balaban J connectivity index is 3.49. The van der Waals surface area contributed by atoms with Crippen LogP contribution in [0.25, 0.3) is 0 Å². The predicted octanol–water partition coefficient (Wildman–Crippen LogP) is 1.61. The van der Waals surface area contributed by atoms with E-state index in [1.807, 2.05) is 6.92 Å². The van der Waals surface area contributed by atoms with Crippen molar-refractivity contribution in [2.75, 3.05) is 0 Å². The van der Waals surface area contributed by atoms with E-state index in [1.165, 1.54) is 6.08 Å². The second-order valence-corrected chi connectivity index (χ2v) is 2.16. The van der Waals surface area contributed by atoms with Crippen molar-refractivity contribution in [2.45, 2.75) is 32.8 Å². The Kier molecular flexibility index (Phi) is 4.14. The van der Waals surface area contributed by atoms with Gasteiger partial charge in [0, 0.05) is 0 Å². The van der Waals surface area contributed by atoms with Gasteiger partial charge in [0.05, 0.1) is 11.9 Å². The topological polar surface area (TPSA) is 40.5 Å². The van der Waals surface area contributed by atoms with Crippen LogP contribution < -0.4 is 0 Å². The molecule has 0 saturated carbocycles. The maximum absolute atomic E-state index is 8.98. The molecule has 1 atom stereocenters. The van der Waals surface area contributed by atoms with E-state index in [1.54, 1.807) is 6.92 Å². The lowest BCUT2D eigenvalue weighted by Crippen LogP contribution is -2.01. The quantitative estimate of drug-likeness (QED) is 0.570. The lowest BCUT2D eigenvalue weighted by molar-refractivity contribution is 0.206. The van der Waals surface area contributed by atoms with Gasteiger partial charge in [0.2, 0.25) is 0 Å². The van der Waals surface area contributed by atoms with Gasteiger partial charge in [-0.25, -0.2) is 0 Å². The standard InChI is InChI=1S/C7H14O2/c1-3-4-7(9)5-6(2)8/h5,7-9H,3-4H2,1-2H3/b6-5-. The van der Waals surface area contributed by atoms with E-state index < -0.39 is 6.10 Å². The molecule has 0 rings (SSSR count). The number of rotatable bonds is 3. The molecule has 0 bridgehead atoms. The van der Waals surface area contributed by atoms with Gasteiger partial charge in [0.15, 0.2) is 0 Å². The zero-order chi connectivity index (χ0) is 7.28. The lowest BCUT2D eigenvalue weighted by atomic mass is 10.2. The summed E-state index contributed by atoms with van der Waals surface area (Å²) in [6.45, 7) is 3.54. The minimum Gasteiger partial charge on any atom is -0.513 e. The average Bonchev–Trinajstić information content (AvgIpc) is 1.63. The Labute approximate surface area is 55.8 Å². The van der Waals surface area contributed by atoms with Gasteiger partial charge in [-0.2, -0.15) is 0 Å². The largest absolute Gasteiger partial charge is 0.513 e. The van der Waals surface area contributed by atoms with Crippen LogP contribution in [0.1, 0.15) is 26.7 Å². The monoisotopic (exact) mass is 130 g/mol. The molecule has 0 aromatic carbocycles. The molecule has 0 saturated heterocycles. The van der Waals surface area contributed by atoms with E-state index in [4.69, 9.17) is 10.2 Å². The van der Waals surface area contributed by atoms with Crippen molar-refractivity contribution in [1.82, 2.24) is 0 Å². The SMILES string of the molecule is CCCC(O)/C=C(/C)O. The smallest absolute Gasteiger partial charge is 0.0877 e. The first-order valence-corrected chi connectivity index (χ1v) is 3.22. The van der Waals surface area contributed by atoms with E-state index in [9.17, 15) is 0 Å². The van der Waals surface area contributed by atoms with Crippen LogP contribution in [0.2, 0.25) is 0 Å². The van der Waals surface area contributed by atoms with Gasteiger partial charge in [-0.1, -0.05) is 13.3 Å². The van der Waals surface area contributed by atoms with E-state index in [0.717, 1.165) is 12.8 Å². The number of aliphatic hydroxyl groups excluding tert-OH is 2. The fourth-order valence-corrected chi connectivity index (χ4v) is 0.658. The average molecular weight is 130 g/mol. The molecule has 0 fully saturated rings. The molecule has 54 valence electrons. The molecular weight excluding hydrogens is 116 g/mol. The third kappa shape index (κ3) is 5.37. The van der Waals surface area contributed by atoms with Crippen molar-refractivity contribution in [2.24, 2.45) is 0 Å². The van der Waals surface area contributed by atoms with Crippen LogP contribution in [0.15, 0.2) is 11.8 Å². The van der Waals surface area contributed by atoms with E-state index in [0.29, 0.717) is 0 Å². The number of hydrogen-bond acceptors (Lipinski definition) is 2. The van der Waals surface area contributed by atoms with Crippen LogP contribution in [0.3, 0.4) is 0 Å². The fourth-order valence-electron chi connectivity index (χ4n) is 0.658. The molecule has 0 amide bonds. The molecule has 2 N–H and O–H groups in total. The molecule has 0 aromatic heterocycles. The Hall–Kier alpha value is -0.500. The molecule has 0 aliphatic heterocycles. The number of hydrogen-bond donors (Lipinski definition) is 2. The Bertz CT molecular complexity index is 93.1. The highest BCUT2D eigenvalue weighted by atomic mass is 16.3. The molecular formula is C7H14O2. The summed E-state index contributed by atoms with van der Waals surface area (Å²) in [6.07, 6.45) is 2.63. The van der Waals surface area contributed by atoms with Gasteiger partial charge in [-0.3, -0.25) is 0 Å². The molecule has 1 unspecified atom stereocenters. The zero-order valence-electron chi connectivity index (χ0n) is 5.96. The van der Waals surface area contributed by atoms with E-state index >= 15 is 0 Å². The highest BCUT2D eigenvalue weighted by Crippen LogP contribution is 1.99. The van der Waals surface area contributed by atoms with Crippen LogP contribution in [0, 0.1) is 0 Å². The zero-order valence-corrected chi connectivity index (χ0v) is 5.96. The third-order valence-corrected chi connectivity index (χ3v) is 1.02. The Morgan fingerprint density at radius 2 is 2.22 bits per heavy atom. The lowest BCUT2D eigenvalue weighted by Gasteiger charge is -2.01. The van der Waals surface area contributed by atoms with Gasteiger partial charge in [-0.05, 0) is 19.4 Å². The fraction of sp³-hybridized carbons (Fsp3) is 0.714. The molecule has 0 radical (unpaired) electrons. The van der Waals surface area contributed by atoms with Gasteiger partial charge in [0.25, 0.3) is 0 Å². The second-order valence-electron chi connectivity index (χ2n) is 2.16. The third-order valence-electron chi connectivity index (χ3n) is 1.02. The van der Waals surface area contributed by atoms with Crippen LogP contribution in [-0.2, 0) is 0 Å². The molecule has 0 aliphatic rings. The minimum atomic E-state index is -0.472. The van der Waals surface area contributed by atoms with Crippen molar-refractivity contribution < 1.29 is 10.2 Å². The van der Waals surface area contributed by atoms with Crippen LogP contribution in [0.4, 0.5) is 0 Å². The molecule has 9 heavy (non-hydrogen) atoms. The molecule has 0 aliphatic carbocycles. The van der Waals surface area contributed by atoms with Gasteiger partial charge >= 0.3 is 0 Å². The summed E-state index contributed by atoms with van der Waals surface area (Å²) in [6, 6.07) is 0. The number of allylic oxidation sites excluding steroid dienone is 1. The van der Waals surface area contributed by atoms with Crippen LogP contribution in [0.5, 0.6) is 0 Å². The first-order chi connectivity index (χ1) is 4.16. The first-order valence-electron chi connectivity index (χ1n) is 3.22.